The second kappa shape index (κ2) is 10.8. The van der Waals surface area contributed by atoms with Crippen LogP contribution in [-0.4, -0.2) is 57.4 Å². The molecule has 0 radical (unpaired) electrons. The van der Waals surface area contributed by atoms with Crippen LogP contribution in [0.5, 0.6) is 0 Å². The first-order valence-corrected chi connectivity index (χ1v) is 10.6. The van der Waals surface area contributed by atoms with Crippen LogP contribution >= 0.6 is 0 Å². The maximum Gasteiger partial charge on any atom is 0.417 e. The monoisotopic (exact) mass is 487 g/mol. The molecule has 9 nitrogen and oxygen atoms in total. The smallest absolute Gasteiger partial charge is 0.383 e. The van der Waals surface area contributed by atoms with Crippen molar-refractivity contribution in [2.75, 3.05) is 24.6 Å². The Labute approximate surface area is 198 Å². The van der Waals surface area contributed by atoms with E-state index in [0.717, 1.165) is 11.0 Å². The Kier molecular flexibility index (Phi) is 7.84. The molecule has 2 aromatic heterocycles. The van der Waals surface area contributed by atoms with Crippen molar-refractivity contribution in [2.24, 2.45) is 4.99 Å². The van der Waals surface area contributed by atoms with E-state index in [4.69, 9.17) is 5.73 Å². The molecule has 184 valence electrons. The SMILES string of the molecule is CC/C=C(\C(CN(Cc1ccccc1)C(=O)C(=O)Nc1cnc(N)c2cn[nH]c12)=NC)C(F)(F)F. The molecule has 0 aliphatic rings. The number of alkyl halides is 3. The second-order valence-corrected chi connectivity index (χ2v) is 7.51. The topological polar surface area (TPSA) is 129 Å². The van der Waals surface area contributed by atoms with Crippen molar-refractivity contribution in [2.45, 2.75) is 26.1 Å². The maximum atomic E-state index is 13.7. The fourth-order valence-corrected chi connectivity index (χ4v) is 3.43. The predicted octanol–water partition coefficient (Wildman–Crippen LogP) is 3.48. The molecule has 0 saturated carbocycles. The fourth-order valence-electron chi connectivity index (χ4n) is 3.43. The van der Waals surface area contributed by atoms with Crippen LogP contribution in [0.3, 0.4) is 0 Å². The Morgan fingerprint density at radius 2 is 1.94 bits per heavy atom. The summed E-state index contributed by atoms with van der Waals surface area (Å²) in [5.41, 5.74) is 5.61. The summed E-state index contributed by atoms with van der Waals surface area (Å²) < 4.78 is 41.0. The number of nitrogens with zero attached hydrogens (tertiary/aromatic N) is 4. The molecule has 4 N–H and O–H groups in total. The van der Waals surface area contributed by atoms with Gasteiger partial charge in [-0.25, -0.2) is 4.98 Å². The van der Waals surface area contributed by atoms with Gasteiger partial charge < -0.3 is 16.0 Å². The van der Waals surface area contributed by atoms with Crippen molar-refractivity contribution in [3.63, 3.8) is 0 Å². The summed E-state index contributed by atoms with van der Waals surface area (Å²) >= 11 is 0. The molecule has 0 atom stereocenters. The number of carbonyl (C=O) groups is 2. The number of anilines is 2. The van der Waals surface area contributed by atoms with Gasteiger partial charge in [0, 0.05) is 13.6 Å². The van der Waals surface area contributed by atoms with Gasteiger partial charge in [0.05, 0.1) is 46.8 Å². The summed E-state index contributed by atoms with van der Waals surface area (Å²) in [4.78, 5) is 34.8. The average molecular weight is 487 g/mol. The Morgan fingerprint density at radius 1 is 1.23 bits per heavy atom. The van der Waals surface area contributed by atoms with Gasteiger partial charge in [-0.15, -0.1) is 0 Å². The molecule has 3 rings (SSSR count). The van der Waals surface area contributed by atoms with Crippen molar-refractivity contribution in [3.8, 4) is 0 Å². The Morgan fingerprint density at radius 3 is 2.57 bits per heavy atom. The summed E-state index contributed by atoms with van der Waals surface area (Å²) in [5.74, 6) is -1.93. The zero-order chi connectivity index (χ0) is 25.6. The fraction of sp³-hybridized carbons (Fsp3) is 0.261. The highest BCUT2D eigenvalue weighted by Crippen LogP contribution is 2.28. The van der Waals surface area contributed by atoms with Crippen molar-refractivity contribution < 1.29 is 22.8 Å². The molecule has 35 heavy (non-hydrogen) atoms. The highest BCUT2D eigenvalue weighted by Gasteiger charge is 2.37. The van der Waals surface area contributed by atoms with E-state index in [2.05, 4.69) is 25.5 Å². The lowest BCUT2D eigenvalue weighted by molar-refractivity contribution is -0.143. The molecule has 0 fully saturated rings. The number of allylic oxidation sites excluding steroid dienone is 1. The van der Waals surface area contributed by atoms with Crippen LogP contribution in [0.15, 0.2) is 59.4 Å². The number of H-pyrrole nitrogens is 1. The number of hydrogen-bond donors (Lipinski definition) is 3. The third-order valence-corrected chi connectivity index (χ3v) is 5.10. The van der Waals surface area contributed by atoms with Gasteiger partial charge in [-0.3, -0.25) is 19.7 Å². The van der Waals surface area contributed by atoms with E-state index in [9.17, 15) is 22.8 Å². The highest BCUT2D eigenvalue weighted by molar-refractivity contribution is 6.40. The van der Waals surface area contributed by atoms with E-state index in [1.807, 2.05) is 0 Å². The van der Waals surface area contributed by atoms with E-state index in [1.165, 1.54) is 19.4 Å². The Hall–Kier alpha value is -4.22. The summed E-state index contributed by atoms with van der Waals surface area (Å²) in [6, 6.07) is 8.61. The molecular formula is C23H24F3N7O2. The van der Waals surface area contributed by atoms with Gasteiger partial charge in [0.2, 0.25) is 0 Å². The molecule has 0 aliphatic carbocycles. The van der Waals surface area contributed by atoms with E-state index in [1.54, 1.807) is 37.3 Å². The standard InChI is InChI=1S/C23H24F3N7O2/c1-3-7-16(23(24,25)26)18(28-2)13-33(12-14-8-5-4-6-9-14)22(35)21(34)31-17-11-29-20(27)15-10-30-32-19(15)17/h4-11H,3,12-13H2,1-2H3,(H2,27,29)(H,30,32)(H,31,34)/b16-7+,28-18?. The Balaban J connectivity index is 1.91. The molecule has 1 aromatic carbocycles. The minimum Gasteiger partial charge on any atom is -0.383 e. The maximum absolute atomic E-state index is 13.7. The number of aromatic nitrogens is 3. The Bertz CT molecular complexity index is 1270. The summed E-state index contributed by atoms with van der Waals surface area (Å²) in [5, 5.41) is 9.41. The summed E-state index contributed by atoms with van der Waals surface area (Å²) in [7, 11) is 1.21. The number of halogens is 3. The van der Waals surface area contributed by atoms with Crippen LogP contribution in [0.2, 0.25) is 0 Å². The first-order valence-electron chi connectivity index (χ1n) is 10.6. The second-order valence-electron chi connectivity index (χ2n) is 7.51. The van der Waals surface area contributed by atoms with Crippen molar-refractivity contribution in [1.82, 2.24) is 20.1 Å². The minimum atomic E-state index is -4.67. The lowest BCUT2D eigenvalue weighted by Gasteiger charge is -2.25. The van der Waals surface area contributed by atoms with Crippen molar-refractivity contribution in [1.29, 1.82) is 0 Å². The van der Waals surface area contributed by atoms with Crippen LogP contribution in [0.4, 0.5) is 24.7 Å². The zero-order valence-electron chi connectivity index (χ0n) is 19.1. The van der Waals surface area contributed by atoms with Crippen LogP contribution in [0, 0.1) is 0 Å². The van der Waals surface area contributed by atoms with Gasteiger partial charge in [-0.05, 0) is 12.0 Å². The molecule has 12 heteroatoms. The van der Waals surface area contributed by atoms with Crippen LogP contribution < -0.4 is 11.1 Å². The number of benzene rings is 1. The molecule has 0 spiro atoms. The number of carbonyl (C=O) groups excluding carboxylic acids is 2. The highest BCUT2D eigenvalue weighted by atomic mass is 19.4. The van der Waals surface area contributed by atoms with E-state index < -0.39 is 30.1 Å². The largest absolute Gasteiger partial charge is 0.417 e. The molecule has 3 aromatic rings. The van der Waals surface area contributed by atoms with Gasteiger partial charge in [0.1, 0.15) is 5.82 Å². The number of aromatic amines is 1. The number of aliphatic imine (C=N–C) groups is 1. The molecule has 0 aliphatic heterocycles. The lowest BCUT2D eigenvalue weighted by atomic mass is 10.1. The van der Waals surface area contributed by atoms with Crippen LogP contribution in [0.1, 0.15) is 18.9 Å². The zero-order valence-corrected chi connectivity index (χ0v) is 19.1. The van der Waals surface area contributed by atoms with Gasteiger partial charge in [0.15, 0.2) is 0 Å². The number of hydrogen-bond acceptors (Lipinski definition) is 6. The number of nitrogens with two attached hydrogens (primary N) is 1. The van der Waals surface area contributed by atoms with Crippen molar-refractivity contribution in [3.05, 3.63) is 59.9 Å². The number of nitrogen functional groups attached to an aromatic ring is 1. The third kappa shape index (κ3) is 6.02. The summed E-state index contributed by atoms with van der Waals surface area (Å²) in [6.45, 7) is 0.932. The average Bonchev–Trinajstić information content (AvgIpc) is 3.33. The van der Waals surface area contributed by atoms with Gasteiger partial charge in [-0.1, -0.05) is 43.3 Å². The normalized spacial score (nSPS) is 12.6. The van der Waals surface area contributed by atoms with E-state index in [0.29, 0.717) is 16.5 Å². The molecule has 0 saturated heterocycles. The molecular weight excluding hydrogens is 463 g/mol. The van der Waals surface area contributed by atoms with Crippen LogP contribution in [0.25, 0.3) is 10.9 Å². The van der Waals surface area contributed by atoms with Crippen molar-refractivity contribution >= 4 is 39.9 Å². The number of pyridine rings is 1. The number of rotatable bonds is 7. The first-order chi connectivity index (χ1) is 16.7. The first kappa shape index (κ1) is 25.4. The van der Waals surface area contributed by atoms with Gasteiger partial charge in [0.25, 0.3) is 0 Å². The molecule has 2 amide bonds. The van der Waals surface area contributed by atoms with Gasteiger partial charge >= 0.3 is 18.0 Å². The molecule has 2 heterocycles. The molecule has 0 unspecified atom stereocenters. The number of nitrogens with one attached hydrogen (secondary N) is 2. The molecule has 0 bridgehead atoms. The predicted molar refractivity (Wildman–Crippen MR) is 127 cm³/mol. The van der Waals surface area contributed by atoms with Crippen LogP contribution in [-0.2, 0) is 16.1 Å². The number of fused-ring (bicyclic) bond motifs is 1. The summed E-state index contributed by atoms with van der Waals surface area (Å²) in [6.07, 6.45) is -0.878. The number of amides is 2. The lowest BCUT2D eigenvalue weighted by Crippen LogP contribution is -2.43. The van der Waals surface area contributed by atoms with E-state index >= 15 is 0 Å². The quantitative estimate of drug-likeness (QED) is 0.347. The minimum absolute atomic E-state index is 0.108. The third-order valence-electron chi connectivity index (χ3n) is 5.10. The van der Waals surface area contributed by atoms with Gasteiger partial charge in [-0.2, -0.15) is 18.3 Å². The van der Waals surface area contributed by atoms with E-state index in [-0.39, 0.29) is 30.2 Å².